The van der Waals surface area contributed by atoms with E-state index in [4.69, 9.17) is 0 Å². The third-order valence-electron chi connectivity index (χ3n) is 7.10. The van der Waals surface area contributed by atoms with Crippen molar-refractivity contribution in [3.8, 4) is 11.4 Å². The quantitative estimate of drug-likeness (QED) is 0.186. The SMILES string of the molecule is CCCCCCCCCCCc1cc(CCCCCCCC)cc(-n2nc3ccccc3n2)c1O. The fourth-order valence-corrected chi connectivity index (χ4v) is 4.93. The van der Waals surface area contributed by atoms with E-state index in [0.717, 1.165) is 41.5 Å². The predicted molar refractivity (Wildman–Crippen MR) is 149 cm³/mol. The average molecular weight is 478 g/mol. The third-order valence-corrected chi connectivity index (χ3v) is 7.10. The van der Waals surface area contributed by atoms with Crippen LogP contribution < -0.4 is 0 Å². The molecule has 192 valence electrons. The molecule has 4 heteroatoms. The van der Waals surface area contributed by atoms with Gasteiger partial charge in [-0.1, -0.05) is 116 Å². The summed E-state index contributed by atoms with van der Waals surface area (Å²) in [5, 5.41) is 20.5. The normalized spacial score (nSPS) is 11.5. The summed E-state index contributed by atoms with van der Waals surface area (Å²) < 4.78 is 0. The van der Waals surface area contributed by atoms with Gasteiger partial charge in [0.15, 0.2) is 0 Å². The van der Waals surface area contributed by atoms with Crippen LogP contribution in [0.15, 0.2) is 36.4 Å². The molecule has 0 atom stereocenters. The van der Waals surface area contributed by atoms with Crippen LogP contribution in [0.25, 0.3) is 16.7 Å². The molecule has 0 saturated heterocycles. The fourth-order valence-electron chi connectivity index (χ4n) is 4.93. The van der Waals surface area contributed by atoms with E-state index in [1.165, 1.54) is 95.5 Å². The Morgan fingerprint density at radius 3 is 1.66 bits per heavy atom. The van der Waals surface area contributed by atoms with Gasteiger partial charge in [0.1, 0.15) is 22.5 Å². The van der Waals surface area contributed by atoms with Gasteiger partial charge in [-0.05, 0) is 55.0 Å². The minimum Gasteiger partial charge on any atom is -0.505 e. The van der Waals surface area contributed by atoms with Crippen molar-refractivity contribution in [1.29, 1.82) is 0 Å². The molecular formula is C31H47N3O. The van der Waals surface area contributed by atoms with Crippen molar-refractivity contribution in [1.82, 2.24) is 15.0 Å². The molecular weight excluding hydrogens is 430 g/mol. The third kappa shape index (κ3) is 8.98. The van der Waals surface area contributed by atoms with Crippen molar-refractivity contribution in [3.05, 3.63) is 47.5 Å². The highest BCUT2D eigenvalue weighted by Gasteiger charge is 2.15. The summed E-state index contributed by atoms with van der Waals surface area (Å²) in [6, 6.07) is 12.2. The lowest BCUT2D eigenvalue weighted by Crippen LogP contribution is -2.03. The minimum absolute atomic E-state index is 0.344. The molecule has 3 aromatic rings. The Morgan fingerprint density at radius 1 is 0.629 bits per heavy atom. The molecule has 0 spiro atoms. The van der Waals surface area contributed by atoms with Gasteiger partial charge in [-0.15, -0.1) is 15.0 Å². The fraction of sp³-hybridized carbons (Fsp3) is 0.613. The molecule has 35 heavy (non-hydrogen) atoms. The Kier molecular flexibility index (Phi) is 12.1. The van der Waals surface area contributed by atoms with Gasteiger partial charge in [-0.2, -0.15) is 0 Å². The van der Waals surface area contributed by atoms with Gasteiger partial charge in [0.25, 0.3) is 0 Å². The van der Waals surface area contributed by atoms with Gasteiger partial charge in [-0.25, -0.2) is 0 Å². The standard InChI is InChI=1S/C31H47N3O/c1-3-5-7-9-11-12-13-15-17-21-27-24-26(20-16-14-10-8-6-4-2)25-30(31(27)35)34-32-28-22-18-19-23-29(28)33-34/h18-19,22-25,35H,3-17,20-21H2,1-2H3. The minimum atomic E-state index is 0.344. The first-order chi connectivity index (χ1) is 17.2. The molecule has 0 bridgehead atoms. The van der Waals surface area contributed by atoms with E-state index >= 15 is 0 Å². The molecule has 1 aromatic heterocycles. The van der Waals surface area contributed by atoms with Crippen molar-refractivity contribution in [2.24, 2.45) is 0 Å². The predicted octanol–water partition coefficient (Wildman–Crippen LogP) is 9.10. The van der Waals surface area contributed by atoms with E-state index in [1.54, 1.807) is 4.80 Å². The molecule has 4 nitrogen and oxygen atoms in total. The number of hydrogen-bond acceptors (Lipinski definition) is 3. The summed E-state index contributed by atoms with van der Waals surface area (Å²) in [5.41, 5.74) is 4.77. The van der Waals surface area contributed by atoms with Crippen LogP contribution in [0.1, 0.15) is 121 Å². The summed E-state index contributed by atoms with van der Waals surface area (Å²) in [7, 11) is 0. The summed E-state index contributed by atoms with van der Waals surface area (Å²) >= 11 is 0. The lowest BCUT2D eigenvalue weighted by atomic mass is 9.98. The Labute approximate surface area is 213 Å². The largest absolute Gasteiger partial charge is 0.505 e. The van der Waals surface area contributed by atoms with Crippen LogP contribution in [-0.4, -0.2) is 20.1 Å². The molecule has 0 unspecified atom stereocenters. The van der Waals surface area contributed by atoms with Gasteiger partial charge in [0.2, 0.25) is 0 Å². The number of aromatic hydroxyl groups is 1. The van der Waals surface area contributed by atoms with Crippen LogP contribution >= 0.6 is 0 Å². The van der Waals surface area contributed by atoms with E-state index in [2.05, 4.69) is 36.2 Å². The second-order valence-electron chi connectivity index (χ2n) is 10.2. The topological polar surface area (TPSA) is 50.9 Å². The summed E-state index contributed by atoms with van der Waals surface area (Å²) in [5.74, 6) is 0.344. The maximum Gasteiger partial charge on any atom is 0.146 e. The molecule has 0 aliphatic carbocycles. The van der Waals surface area contributed by atoms with Gasteiger partial charge in [0, 0.05) is 0 Å². The number of phenols is 1. The van der Waals surface area contributed by atoms with Crippen molar-refractivity contribution >= 4 is 11.0 Å². The summed E-state index contributed by atoms with van der Waals surface area (Å²) in [6.45, 7) is 4.54. The van der Waals surface area contributed by atoms with Gasteiger partial charge in [0.05, 0.1) is 0 Å². The number of hydrogen-bond donors (Lipinski definition) is 1. The number of nitrogens with zero attached hydrogens (tertiary/aromatic N) is 3. The van der Waals surface area contributed by atoms with Crippen molar-refractivity contribution in [2.75, 3.05) is 0 Å². The first-order valence-electron chi connectivity index (χ1n) is 14.4. The first kappa shape index (κ1) is 27.2. The van der Waals surface area contributed by atoms with Gasteiger partial charge < -0.3 is 5.11 Å². The molecule has 0 saturated carbocycles. The first-order valence-corrected chi connectivity index (χ1v) is 14.4. The molecule has 2 aromatic carbocycles. The number of aryl methyl sites for hydroxylation is 2. The highest BCUT2D eigenvalue weighted by atomic mass is 16.3. The Balaban J connectivity index is 1.63. The zero-order valence-corrected chi connectivity index (χ0v) is 22.3. The number of fused-ring (bicyclic) bond motifs is 1. The summed E-state index contributed by atoms with van der Waals surface area (Å²) in [6.07, 6.45) is 21.5. The molecule has 0 aliphatic heterocycles. The Hall–Kier alpha value is -2.36. The molecule has 3 rings (SSSR count). The number of rotatable bonds is 18. The monoisotopic (exact) mass is 477 g/mol. The molecule has 1 N–H and O–H groups in total. The van der Waals surface area contributed by atoms with Crippen LogP contribution in [0.5, 0.6) is 5.75 Å². The number of benzene rings is 2. The highest BCUT2D eigenvalue weighted by molar-refractivity contribution is 5.73. The zero-order valence-electron chi connectivity index (χ0n) is 22.3. The maximum absolute atomic E-state index is 11.2. The van der Waals surface area contributed by atoms with Crippen LogP contribution in [0.2, 0.25) is 0 Å². The Bertz CT molecular complexity index is 961. The van der Waals surface area contributed by atoms with E-state index < -0.39 is 0 Å². The number of aromatic nitrogens is 3. The second-order valence-corrected chi connectivity index (χ2v) is 10.2. The van der Waals surface area contributed by atoms with Crippen LogP contribution in [0.3, 0.4) is 0 Å². The van der Waals surface area contributed by atoms with E-state index in [-0.39, 0.29) is 0 Å². The molecule has 0 amide bonds. The van der Waals surface area contributed by atoms with E-state index in [0.29, 0.717) is 5.75 Å². The van der Waals surface area contributed by atoms with Crippen molar-refractivity contribution in [3.63, 3.8) is 0 Å². The second kappa shape index (κ2) is 15.6. The Morgan fingerprint density at radius 2 is 1.11 bits per heavy atom. The smallest absolute Gasteiger partial charge is 0.146 e. The van der Waals surface area contributed by atoms with Crippen LogP contribution in [0, 0.1) is 0 Å². The highest BCUT2D eigenvalue weighted by Crippen LogP contribution is 2.30. The zero-order chi connectivity index (χ0) is 24.7. The molecule has 1 heterocycles. The summed E-state index contributed by atoms with van der Waals surface area (Å²) in [4.78, 5) is 1.63. The lowest BCUT2D eigenvalue weighted by Gasteiger charge is -2.13. The van der Waals surface area contributed by atoms with Crippen LogP contribution in [-0.2, 0) is 12.8 Å². The van der Waals surface area contributed by atoms with Crippen LogP contribution in [0.4, 0.5) is 0 Å². The maximum atomic E-state index is 11.2. The van der Waals surface area contributed by atoms with Gasteiger partial charge >= 0.3 is 0 Å². The van der Waals surface area contributed by atoms with Gasteiger partial charge in [-0.3, -0.25) is 0 Å². The molecule has 0 fully saturated rings. The lowest BCUT2D eigenvalue weighted by molar-refractivity contribution is 0.458. The van der Waals surface area contributed by atoms with E-state index in [1.807, 2.05) is 24.3 Å². The van der Waals surface area contributed by atoms with Crippen molar-refractivity contribution < 1.29 is 5.11 Å². The average Bonchev–Trinajstić information content (AvgIpc) is 3.30. The number of unbranched alkanes of at least 4 members (excludes halogenated alkanes) is 13. The molecule has 0 aliphatic rings. The molecule has 0 radical (unpaired) electrons. The van der Waals surface area contributed by atoms with Crippen molar-refractivity contribution in [2.45, 2.75) is 123 Å². The van der Waals surface area contributed by atoms with E-state index in [9.17, 15) is 5.11 Å². The number of phenolic OH excluding ortho intramolecular Hbond substituents is 1.